The number of amidine groups is 2. The molecule has 0 amide bonds. The van der Waals surface area contributed by atoms with Gasteiger partial charge in [0.25, 0.3) is 0 Å². The molecule has 0 saturated heterocycles. The smallest absolute Gasteiger partial charge is 0.416 e. The van der Waals surface area contributed by atoms with E-state index < -0.39 is 11.7 Å². The van der Waals surface area contributed by atoms with Crippen LogP contribution in [-0.2, 0) is 6.18 Å². The molecule has 0 radical (unpaired) electrons. The molecular formula is C11H11F3N6O. The maximum Gasteiger partial charge on any atom is 0.416 e. The van der Waals surface area contributed by atoms with Gasteiger partial charge in [-0.15, -0.1) is 10.2 Å². The highest BCUT2D eigenvalue weighted by Gasteiger charge is 2.31. The van der Waals surface area contributed by atoms with Crippen LogP contribution in [0.2, 0.25) is 0 Å². The number of hydrogen-bond acceptors (Lipinski definition) is 7. The van der Waals surface area contributed by atoms with Gasteiger partial charge in [-0.1, -0.05) is 0 Å². The van der Waals surface area contributed by atoms with Gasteiger partial charge in [-0.25, -0.2) is 0 Å². The molecule has 0 bridgehead atoms. The number of halogens is 3. The van der Waals surface area contributed by atoms with Gasteiger partial charge in [-0.05, 0) is 12.1 Å². The topological polar surface area (TPSA) is 110 Å². The summed E-state index contributed by atoms with van der Waals surface area (Å²) in [5.74, 6) is -0.0277. The highest BCUT2D eigenvalue weighted by Crippen LogP contribution is 2.34. The van der Waals surface area contributed by atoms with Crippen molar-refractivity contribution < 1.29 is 17.9 Å². The molecule has 112 valence electrons. The number of rotatable bonds is 3. The van der Waals surface area contributed by atoms with Gasteiger partial charge in [0.05, 0.1) is 18.4 Å². The van der Waals surface area contributed by atoms with Gasteiger partial charge >= 0.3 is 6.18 Å². The van der Waals surface area contributed by atoms with Crippen molar-refractivity contribution in [1.82, 2.24) is 0 Å². The first-order valence-electron chi connectivity index (χ1n) is 5.58. The molecule has 0 spiro atoms. The number of ether oxygens (including phenoxy) is 1. The number of methoxy groups -OCH3 is 1. The van der Waals surface area contributed by atoms with Crippen LogP contribution < -0.4 is 21.6 Å². The highest BCUT2D eigenvalue weighted by molar-refractivity contribution is 6.68. The minimum Gasteiger partial charge on any atom is -0.497 e. The molecule has 0 unspecified atom stereocenters. The normalized spacial score (nSPS) is 14.6. The molecule has 10 heteroatoms. The molecule has 0 atom stereocenters. The number of nitrogens with two attached hydrogens (primary N) is 2. The summed E-state index contributed by atoms with van der Waals surface area (Å²) in [5.41, 5.74) is 12.6. The summed E-state index contributed by atoms with van der Waals surface area (Å²) in [5, 5.41) is 10.8. The van der Waals surface area contributed by atoms with E-state index in [1.54, 1.807) is 0 Å². The Morgan fingerprint density at radius 2 is 1.76 bits per heavy atom. The first-order chi connectivity index (χ1) is 9.81. The average Bonchev–Trinajstić information content (AvgIpc) is 2.74. The van der Waals surface area contributed by atoms with Gasteiger partial charge in [-0.2, -0.15) is 18.3 Å². The van der Waals surface area contributed by atoms with Crippen LogP contribution in [0.5, 0.6) is 5.75 Å². The van der Waals surface area contributed by atoms with Crippen molar-refractivity contribution in [2.24, 2.45) is 26.8 Å². The number of nitrogens with zero attached hydrogens (tertiary/aromatic N) is 3. The Balaban J connectivity index is 2.30. The zero-order valence-corrected chi connectivity index (χ0v) is 10.8. The molecule has 0 saturated carbocycles. The molecule has 0 aliphatic carbocycles. The second kappa shape index (κ2) is 5.31. The Hall–Kier alpha value is -2.78. The van der Waals surface area contributed by atoms with E-state index in [0.717, 1.165) is 12.1 Å². The van der Waals surface area contributed by atoms with Crippen LogP contribution in [0.15, 0.2) is 33.5 Å². The molecule has 5 N–H and O–H groups in total. The molecule has 0 aromatic heterocycles. The van der Waals surface area contributed by atoms with Crippen molar-refractivity contribution in [2.45, 2.75) is 6.18 Å². The molecule has 1 aliphatic rings. The summed E-state index contributed by atoms with van der Waals surface area (Å²) in [6.45, 7) is 0. The van der Waals surface area contributed by atoms with Crippen LogP contribution in [0.1, 0.15) is 5.56 Å². The molecule has 0 fully saturated rings. The van der Waals surface area contributed by atoms with Crippen LogP contribution in [-0.4, -0.2) is 24.5 Å². The minimum absolute atomic E-state index is 0.0288. The van der Waals surface area contributed by atoms with Gasteiger partial charge in [0.2, 0.25) is 0 Å². The van der Waals surface area contributed by atoms with Gasteiger partial charge in [0, 0.05) is 6.07 Å². The number of alkyl halides is 3. The van der Waals surface area contributed by atoms with Crippen LogP contribution in [0.25, 0.3) is 0 Å². The summed E-state index contributed by atoms with van der Waals surface area (Å²) >= 11 is 0. The van der Waals surface area contributed by atoms with Crippen molar-refractivity contribution >= 4 is 23.1 Å². The SMILES string of the molecule is COc1cc(NN=C2C(N)=NN=C2N)cc(C(F)(F)F)c1. The number of anilines is 1. The first kappa shape index (κ1) is 14.6. The van der Waals surface area contributed by atoms with E-state index >= 15 is 0 Å². The van der Waals surface area contributed by atoms with E-state index in [2.05, 4.69) is 20.7 Å². The van der Waals surface area contributed by atoms with Crippen molar-refractivity contribution in [3.63, 3.8) is 0 Å². The molecule has 7 nitrogen and oxygen atoms in total. The van der Waals surface area contributed by atoms with Crippen LogP contribution in [0.4, 0.5) is 18.9 Å². The fourth-order valence-corrected chi connectivity index (χ4v) is 1.51. The Morgan fingerprint density at radius 1 is 1.14 bits per heavy atom. The Kier molecular flexibility index (Phi) is 3.70. The van der Waals surface area contributed by atoms with Gasteiger partial charge in [0.15, 0.2) is 17.4 Å². The van der Waals surface area contributed by atoms with Gasteiger partial charge < -0.3 is 16.2 Å². The summed E-state index contributed by atoms with van der Waals surface area (Å²) in [6, 6.07) is 3.09. The first-order valence-corrected chi connectivity index (χ1v) is 5.58. The second-order valence-corrected chi connectivity index (χ2v) is 3.99. The predicted molar refractivity (Wildman–Crippen MR) is 72.3 cm³/mol. The van der Waals surface area contributed by atoms with Crippen LogP contribution >= 0.6 is 0 Å². The summed E-state index contributed by atoms with van der Waals surface area (Å²) in [7, 11) is 1.26. The van der Waals surface area contributed by atoms with Crippen molar-refractivity contribution in [3.05, 3.63) is 23.8 Å². The summed E-state index contributed by atoms with van der Waals surface area (Å²) in [4.78, 5) is 0. The van der Waals surface area contributed by atoms with E-state index in [4.69, 9.17) is 16.2 Å². The van der Waals surface area contributed by atoms with E-state index in [1.807, 2.05) is 0 Å². The summed E-state index contributed by atoms with van der Waals surface area (Å²) in [6.07, 6.45) is -4.51. The molecule has 1 heterocycles. The lowest BCUT2D eigenvalue weighted by Crippen LogP contribution is -2.32. The zero-order valence-electron chi connectivity index (χ0n) is 10.8. The second-order valence-electron chi connectivity index (χ2n) is 3.99. The molecule has 1 aromatic rings. The quantitative estimate of drug-likeness (QED) is 0.726. The fraction of sp³-hybridized carbons (Fsp3) is 0.182. The third kappa shape index (κ3) is 3.22. The molecule has 21 heavy (non-hydrogen) atoms. The van der Waals surface area contributed by atoms with E-state index in [9.17, 15) is 13.2 Å². The monoisotopic (exact) mass is 300 g/mol. The Morgan fingerprint density at radius 3 is 2.29 bits per heavy atom. The van der Waals surface area contributed by atoms with E-state index in [-0.39, 0.29) is 28.8 Å². The molecule has 1 aromatic carbocycles. The zero-order chi connectivity index (χ0) is 15.6. The van der Waals surface area contributed by atoms with Crippen LogP contribution in [0, 0.1) is 0 Å². The van der Waals surface area contributed by atoms with Crippen molar-refractivity contribution in [2.75, 3.05) is 12.5 Å². The predicted octanol–water partition coefficient (Wildman–Crippen LogP) is 1.12. The molecular weight excluding hydrogens is 289 g/mol. The van der Waals surface area contributed by atoms with Crippen LogP contribution in [0.3, 0.4) is 0 Å². The number of nitrogens with one attached hydrogen (secondary N) is 1. The molecule has 2 rings (SSSR count). The third-order valence-corrected chi connectivity index (χ3v) is 2.52. The lowest BCUT2D eigenvalue weighted by atomic mass is 10.2. The van der Waals surface area contributed by atoms with Gasteiger partial charge in [-0.3, -0.25) is 5.43 Å². The van der Waals surface area contributed by atoms with E-state index in [1.165, 1.54) is 13.2 Å². The van der Waals surface area contributed by atoms with E-state index in [0.29, 0.717) is 0 Å². The van der Waals surface area contributed by atoms with Crippen molar-refractivity contribution in [1.29, 1.82) is 0 Å². The summed E-state index contributed by atoms with van der Waals surface area (Å²) < 4.78 is 43.1. The largest absolute Gasteiger partial charge is 0.497 e. The number of hydrogen-bond donors (Lipinski definition) is 3. The molecule has 1 aliphatic heterocycles. The highest BCUT2D eigenvalue weighted by atomic mass is 19.4. The lowest BCUT2D eigenvalue weighted by molar-refractivity contribution is -0.137. The number of benzene rings is 1. The standard InChI is InChI=1S/C11H11F3N6O/c1-21-7-3-5(11(12,13)14)2-6(4-7)17-18-8-9(15)19-20-10(8)16/h2-4,17H,1H3,(H4,15,16,18,19,20). The maximum absolute atomic E-state index is 12.8. The fourth-order valence-electron chi connectivity index (χ4n) is 1.51. The maximum atomic E-state index is 12.8. The number of hydrazone groups is 1. The Bertz CT molecular complexity index is 630. The van der Waals surface area contributed by atoms with Crippen molar-refractivity contribution in [3.8, 4) is 5.75 Å². The Labute approximate surface area is 117 Å². The van der Waals surface area contributed by atoms with Gasteiger partial charge in [0.1, 0.15) is 5.75 Å². The lowest BCUT2D eigenvalue weighted by Gasteiger charge is -2.11. The average molecular weight is 300 g/mol. The third-order valence-electron chi connectivity index (χ3n) is 2.52. The minimum atomic E-state index is -4.51.